The Bertz CT molecular complexity index is 989. The van der Waals surface area contributed by atoms with E-state index < -0.39 is 5.82 Å². The van der Waals surface area contributed by atoms with Crippen molar-refractivity contribution >= 4 is 23.4 Å². The minimum absolute atomic E-state index is 0.0623. The molecule has 1 N–H and O–H groups in total. The van der Waals surface area contributed by atoms with Crippen LogP contribution < -0.4 is 10.1 Å². The fourth-order valence-corrected chi connectivity index (χ4v) is 4.80. The molecule has 5 nitrogen and oxygen atoms in total. The van der Waals surface area contributed by atoms with Crippen molar-refractivity contribution in [2.24, 2.45) is 5.41 Å². The number of nitrogens with one attached hydrogen (secondary N) is 1. The molecule has 0 aromatic heterocycles. The summed E-state index contributed by atoms with van der Waals surface area (Å²) >= 11 is 6.12. The van der Waals surface area contributed by atoms with Gasteiger partial charge in [0.15, 0.2) is 0 Å². The summed E-state index contributed by atoms with van der Waals surface area (Å²) in [6, 6.07) is 11.0. The average Bonchev–Trinajstić information content (AvgIpc) is 2.80. The quantitative estimate of drug-likeness (QED) is 0.648. The molecule has 0 aliphatic carbocycles. The zero-order chi connectivity index (χ0) is 22.6. The first-order valence-corrected chi connectivity index (χ1v) is 11.6. The summed E-state index contributed by atoms with van der Waals surface area (Å²) in [5.74, 6) is -0.189. The van der Waals surface area contributed by atoms with Crippen LogP contribution in [0.4, 0.5) is 4.39 Å². The highest BCUT2D eigenvalue weighted by Crippen LogP contribution is 2.37. The van der Waals surface area contributed by atoms with Crippen LogP contribution in [0.2, 0.25) is 5.02 Å². The number of carbonyl (C=O) groups is 2. The van der Waals surface area contributed by atoms with E-state index in [-0.39, 0.29) is 17.2 Å². The van der Waals surface area contributed by atoms with Crippen LogP contribution in [0.5, 0.6) is 5.75 Å². The third-order valence-electron chi connectivity index (χ3n) is 6.60. The maximum Gasteiger partial charge on any atom is 0.255 e. The molecule has 2 aromatic carbocycles. The zero-order valence-corrected chi connectivity index (χ0v) is 18.8. The second-order valence-corrected chi connectivity index (χ2v) is 9.22. The summed E-state index contributed by atoms with van der Waals surface area (Å²) in [4.78, 5) is 27.5. The predicted molar refractivity (Wildman–Crippen MR) is 122 cm³/mol. The molecule has 0 bridgehead atoms. The number of likely N-dealkylation sites (tertiary alicyclic amines) is 1. The summed E-state index contributed by atoms with van der Waals surface area (Å²) in [7, 11) is 0. The first kappa shape index (κ1) is 22.6. The van der Waals surface area contributed by atoms with Crippen LogP contribution in [-0.4, -0.2) is 43.0 Å². The van der Waals surface area contributed by atoms with E-state index in [0.29, 0.717) is 48.1 Å². The number of halogens is 2. The van der Waals surface area contributed by atoms with E-state index >= 15 is 0 Å². The number of nitrogens with zero attached hydrogens (tertiary/aromatic N) is 1. The topological polar surface area (TPSA) is 58.6 Å². The van der Waals surface area contributed by atoms with Crippen molar-refractivity contribution in [2.75, 3.05) is 26.2 Å². The normalized spacial score (nSPS) is 19.2. The maximum absolute atomic E-state index is 13.5. The molecule has 0 unspecified atom stereocenters. The Morgan fingerprint density at radius 3 is 2.66 bits per heavy atom. The molecule has 0 radical (unpaired) electrons. The first-order chi connectivity index (χ1) is 15.5. The Labute approximate surface area is 192 Å². The third kappa shape index (κ3) is 5.23. The Kier molecular flexibility index (Phi) is 6.99. The highest BCUT2D eigenvalue weighted by Gasteiger charge is 2.36. The summed E-state index contributed by atoms with van der Waals surface area (Å²) in [5.41, 5.74) is 0.765. The molecule has 2 aliphatic heterocycles. The number of amides is 2. The minimum Gasteiger partial charge on any atom is -0.493 e. The molecule has 0 atom stereocenters. The Balaban J connectivity index is 1.46. The molecule has 1 spiro atoms. The Morgan fingerprint density at radius 2 is 1.88 bits per heavy atom. The van der Waals surface area contributed by atoms with Crippen molar-refractivity contribution < 1.29 is 18.7 Å². The standard InChI is InChI=1S/C25H28ClFN2O3/c26-19-7-8-22-21(16-19)23(30)28-17-25(9-2-1-3-14-32-22)10-12-29(13-11-25)24(31)18-5-4-6-20(27)15-18/h4-8,15-16H,1-3,9-14,17H2,(H,28,30). The highest BCUT2D eigenvalue weighted by molar-refractivity contribution is 6.31. The molecule has 7 heteroatoms. The van der Waals surface area contributed by atoms with E-state index in [2.05, 4.69) is 5.32 Å². The Morgan fingerprint density at radius 1 is 1.06 bits per heavy atom. The highest BCUT2D eigenvalue weighted by atomic mass is 35.5. The van der Waals surface area contributed by atoms with Gasteiger partial charge in [-0.2, -0.15) is 0 Å². The van der Waals surface area contributed by atoms with Gasteiger partial charge in [0.25, 0.3) is 11.8 Å². The lowest BCUT2D eigenvalue weighted by atomic mass is 9.74. The molecular weight excluding hydrogens is 431 g/mol. The van der Waals surface area contributed by atoms with E-state index in [0.717, 1.165) is 38.5 Å². The van der Waals surface area contributed by atoms with Crippen molar-refractivity contribution in [3.8, 4) is 5.75 Å². The number of hydrogen-bond acceptors (Lipinski definition) is 3. The van der Waals surface area contributed by atoms with Crippen LogP contribution in [0, 0.1) is 11.2 Å². The molecular formula is C25H28ClFN2O3. The van der Waals surface area contributed by atoms with Gasteiger partial charge in [-0.25, -0.2) is 4.39 Å². The molecule has 2 aliphatic rings. The number of hydrogen-bond donors (Lipinski definition) is 1. The minimum atomic E-state index is -0.407. The van der Waals surface area contributed by atoms with Gasteiger partial charge in [0.05, 0.1) is 12.2 Å². The summed E-state index contributed by atoms with van der Waals surface area (Å²) in [6.45, 7) is 2.29. The second-order valence-electron chi connectivity index (χ2n) is 8.78. The lowest BCUT2D eigenvalue weighted by Gasteiger charge is -2.42. The SMILES string of the molecule is O=C1NCC2(CCCCCOc3ccc(Cl)cc31)CCN(C(=O)c1cccc(F)c1)CC2. The fourth-order valence-electron chi connectivity index (χ4n) is 4.63. The van der Waals surface area contributed by atoms with Gasteiger partial charge in [-0.15, -0.1) is 0 Å². The smallest absolute Gasteiger partial charge is 0.255 e. The second kappa shape index (κ2) is 9.90. The first-order valence-electron chi connectivity index (χ1n) is 11.2. The van der Waals surface area contributed by atoms with Gasteiger partial charge in [-0.1, -0.05) is 30.5 Å². The monoisotopic (exact) mass is 458 g/mol. The van der Waals surface area contributed by atoms with Gasteiger partial charge in [-0.05, 0) is 67.5 Å². The van der Waals surface area contributed by atoms with E-state index in [4.69, 9.17) is 16.3 Å². The molecule has 2 heterocycles. The fraction of sp³-hybridized carbons (Fsp3) is 0.440. The predicted octanol–water partition coefficient (Wildman–Crippen LogP) is 5.08. The lowest BCUT2D eigenvalue weighted by Crippen LogP contribution is -2.48. The molecule has 2 amide bonds. The number of ether oxygens (including phenoxy) is 1. The van der Waals surface area contributed by atoms with Crippen LogP contribution in [-0.2, 0) is 0 Å². The van der Waals surface area contributed by atoms with Crippen molar-refractivity contribution in [1.82, 2.24) is 10.2 Å². The molecule has 1 fully saturated rings. The number of carbonyl (C=O) groups excluding carboxylic acids is 2. The van der Waals surface area contributed by atoms with Crippen molar-refractivity contribution in [1.29, 1.82) is 0 Å². The summed E-state index contributed by atoms with van der Waals surface area (Å²) < 4.78 is 19.4. The van der Waals surface area contributed by atoms with Crippen LogP contribution in [0.15, 0.2) is 42.5 Å². The van der Waals surface area contributed by atoms with Gasteiger partial charge in [0.2, 0.25) is 0 Å². The maximum atomic E-state index is 13.5. The Hall–Kier alpha value is -2.60. The summed E-state index contributed by atoms with van der Waals surface area (Å²) in [6.07, 6.45) is 5.59. The van der Waals surface area contributed by atoms with E-state index in [1.165, 1.54) is 12.1 Å². The van der Waals surface area contributed by atoms with Crippen molar-refractivity contribution in [3.63, 3.8) is 0 Å². The van der Waals surface area contributed by atoms with Gasteiger partial charge in [-0.3, -0.25) is 9.59 Å². The summed E-state index contributed by atoms with van der Waals surface area (Å²) in [5, 5.41) is 3.59. The van der Waals surface area contributed by atoms with Crippen LogP contribution >= 0.6 is 11.6 Å². The molecule has 1 saturated heterocycles. The lowest BCUT2D eigenvalue weighted by molar-refractivity contribution is 0.0533. The van der Waals surface area contributed by atoms with Gasteiger partial charge < -0.3 is 15.0 Å². The molecule has 4 rings (SSSR count). The largest absolute Gasteiger partial charge is 0.493 e. The molecule has 2 aromatic rings. The van der Waals surface area contributed by atoms with Gasteiger partial charge in [0.1, 0.15) is 11.6 Å². The van der Waals surface area contributed by atoms with E-state index in [1.54, 1.807) is 35.2 Å². The van der Waals surface area contributed by atoms with Gasteiger partial charge in [0, 0.05) is 30.2 Å². The number of fused-ring (bicyclic) bond motifs is 1. The van der Waals surface area contributed by atoms with E-state index in [1.807, 2.05) is 0 Å². The van der Waals surface area contributed by atoms with Crippen LogP contribution in [0.3, 0.4) is 0 Å². The molecule has 0 saturated carbocycles. The number of rotatable bonds is 1. The van der Waals surface area contributed by atoms with Crippen LogP contribution in [0.25, 0.3) is 0 Å². The average molecular weight is 459 g/mol. The zero-order valence-electron chi connectivity index (χ0n) is 18.0. The van der Waals surface area contributed by atoms with Crippen molar-refractivity contribution in [3.05, 3.63) is 64.4 Å². The molecule has 32 heavy (non-hydrogen) atoms. The third-order valence-corrected chi connectivity index (χ3v) is 6.84. The van der Waals surface area contributed by atoms with E-state index in [9.17, 15) is 14.0 Å². The van der Waals surface area contributed by atoms with Gasteiger partial charge >= 0.3 is 0 Å². The molecule has 170 valence electrons. The van der Waals surface area contributed by atoms with Crippen LogP contribution in [0.1, 0.15) is 59.2 Å². The number of piperidine rings is 1. The number of benzene rings is 2. The van der Waals surface area contributed by atoms with Crippen molar-refractivity contribution in [2.45, 2.75) is 38.5 Å².